The van der Waals surface area contributed by atoms with Crippen LogP contribution in [0.15, 0.2) is 30.3 Å². The van der Waals surface area contributed by atoms with E-state index in [1.807, 2.05) is 4.90 Å². The maximum atomic E-state index is 12.8. The van der Waals surface area contributed by atoms with Crippen molar-refractivity contribution in [3.8, 4) is 0 Å². The predicted molar refractivity (Wildman–Crippen MR) is 100 cm³/mol. The molecule has 1 aromatic carbocycles. The van der Waals surface area contributed by atoms with Gasteiger partial charge in [-0.15, -0.1) is 11.3 Å². The van der Waals surface area contributed by atoms with Crippen LogP contribution in [0, 0.1) is 6.92 Å². The first-order valence-corrected chi connectivity index (χ1v) is 9.75. The minimum absolute atomic E-state index is 0.235. The lowest BCUT2D eigenvalue weighted by atomic mass is 9.99. The molecule has 0 bridgehead atoms. The van der Waals surface area contributed by atoms with E-state index in [0.717, 1.165) is 43.9 Å². The van der Waals surface area contributed by atoms with Crippen LogP contribution in [0.2, 0.25) is 0 Å². The van der Waals surface area contributed by atoms with Crippen LogP contribution in [0.25, 0.3) is 0 Å². The molecule has 1 aliphatic carbocycles. The molecular formula is C20H24N2OS. The van der Waals surface area contributed by atoms with Crippen LogP contribution < -0.4 is 4.90 Å². The Balaban J connectivity index is 1.43. The SMILES string of the molecule is Cc1ccccc1N1CCN(C(=O)c2cc3c(s2)CCCC3)CC1. The smallest absolute Gasteiger partial charge is 0.264 e. The molecule has 1 fully saturated rings. The molecule has 1 aliphatic heterocycles. The summed E-state index contributed by atoms with van der Waals surface area (Å²) >= 11 is 1.73. The number of aryl methyl sites for hydroxylation is 3. The van der Waals surface area contributed by atoms with Gasteiger partial charge in [-0.2, -0.15) is 0 Å². The minimum Gasteiger partial charge on any atom is -0.368 e. The van der Waals surface area contributed by atoms with Crippen molar-refractivity contribution in [1.82, 2.24) is 4.90 Å². The third kappa shape index (κ3) is 2.95. The van der Waals surface area contributed by atoms with E-state index in [1.54, 1.807) is 11.3 Å². The van der Waals surface area contributed by atoms with Crippen LogP contribution in [-0.4, -0.2) is 37.0 Å². The van der Waals surface area contributed by atoms with Crippen molar-refractivity contribution in [2.45, 2.75) is 32.6 Å². The normalized spacial score (nSPS) is 17.7. The number of piperazine rings is 1. The standard InChI is InChI=1S/C20H24N2OS/c1-15-6-2-4-8-17(15)21-10-12-22(13-11-21)20(23)19-14-16-7-3-5-9-18(16)24-19/h2,4,6,8,14H,3,5,7,9-13H2,1H3. The summed E-state index contributed by atoms with van der Waals surface area (Å²) in [6.45, 7) is 5.62. The molecular weight excluding hydrogens is 316 g/mol. The molecule has 2 aliphatic rings. The van der Waals surface area contributed by atoms with Gasteiger partial charge in [-0.1, -0.05) is 18.2 Å². The number of nitrogens with zero attached hydrogens (tertiary/aromatic N) is 2. The fourth-order valence-electron chi connectivity index (χ4n) is 3.82. The van der Waals surface area contributed by atoms with Gasteiger partial charge in [0.25, 0.3) is 5.91 Å². The van der Waals surface area contributed by atoms with Crippen LogP contribution in [0.5, 0.6) is 0 Å². The molecule has 2 heterocycles. The molecule has 0 saturated carbocycles. The Bertz CT molecular complexity index is 720. The fraction of sp³-hybridized carbons (Fsp3) is 0.450. The summed E-state index contributed by atoms with van der Waals surface area (Å²) in [5.74, 6) is 0.235. The van der Waals surface area contributed by atoms with Gasteiger partial charge in [0.05, 0.1) is 4.88 Å². The van der Waals surface area contributed by atoms with Crippen molar-refractivity contribution >= 4 is 22.9 Å². The van der Waals surface area contributed by atoms with E-state index in [1.165, 1.54) is 34.5 Å². The molecule has 0 unspecified atom stereocenters. The van der Waals surface area contributed by atoms with Crippen LogP contribution in [0.1, 0.15) is 38.5 Å². The van der Waals surface area contributed by atoms with Crippen molar-refractivity contribution in [3.05, 3.63) is 51.2 Å². The highest BCUT2D eigenvalue weighted by molar-refractivity contribution is 7.14. The van der Waals surface area contributed by atoms with Gasteiger partial charge in [0.1, 0.15) is 0 Å². The zero-order valence-corrected chi connectivity index (χ0v) is 15.1. The van der Waals surface area contributed by atoms with Gasteiger partial charge in [-0.05, 0) is 55.9 Å². The van der Waals surface area contributed by atoms with Gasteiger partial charge in [0.2, 0.25) is 0 Å². The van der Waals surface area contributed by atoms with E-state index in [-0.39, 0.29) is 5.91 Å². The third-order valence-corrected chi connectivity index (χ3v) is 6.46. The number of rotatable bonds is 2. The summed E-state index contributed by atoms with van der Waals surface area (Å²) in [4.78, 5) is 19.7. The van der Waals surface area contributed by atoms with Crippen molar-refractivity contribution in [1.29, 1.82) is 0 Å². The molecule has 4 rings (SSSR count). The van der Waals surface area contributed by atoms with Gasteiger partial charge < -0.3 is 9.80 Å². The average molecular weight is 340 g/mol. The van der Waals surface area contributed by atoms with Crippen LogP contribution in [-0.2, 0) is 12.8 Å². The summed E-state index contributed by atoms with van der Waals surface area (Å²) in [7, 11) is 0. The number of hydrogen-bond donors (Lipinski definition) is 0. The number of hydrogen-bond acceptors (Lipinski definition) is 3. The second-order valence-electron chi connectivity index (χ2n) is 6.83. The van der Waals surface area contributed by atoms with Crippen LogP contribution in [0.4, 0.5) is 5.69 Å². The maximum absolute atomic E-state index is 12.8. The molecule has 0 spiro atoms. The summed E-state index contributed by atoms with van der Waals surface area (Å²) in [5, 5.41) is 0. The molecule has 0 radical (unpaired) electrons. The third-order valence-electron chi connectivity index (χ3n) is 5.23. The molecule has 1 aromatic heterocycles. The molecule has 0 N–H and O–H groups in total. The monoisotopic (exact) mass is 340 g/mol. The zero-order chi connectivity index (χ0) is 16.5. The zero-order valence-electron chi connectivity index (χ0n) is 14.3. The first-order chi connectivity index (χ1) is 11.7. The lowest BCUT2D eigenvalue weighted by Crippen LogP contribution is -2.48. The Morgan fingerprint density at radius 2 is 1.79 bits per heavy atom. The fourth-order valence-corrected chi connectivity index (χ4v) is 5.04. The molecule has 3 nitrogen and oxygen atoms in total. The molecule has 24 heavy (non-hydrogen) atoms. The van der Waals surface area contributed by atoms with Gasteiger partial charge in [0.15, 0.2) is 0 Å². The number of fused-ring (bicyclic) bond motifs is 1. The van der Waals surface area contributed by atoms with Crippen molar-refractivity contribution < 1.29 is 4.79 Å². The van der Waals surface area contributed by atoms with E-state index in [4.69, 9.17) is 0 Å². The number of amides is 1. The highest BCUT2D eigenvalue weighted by atomic mass is 32.1. The molecule has 2 aromatic rings. The van der Waals surface area contributed by atoms with Crippen molar-refractivity contribution in [2.24, 2.45) is 0 Å². The quantitative estimate of drug-likeness (QED) is 0.828. The second-order valence-corrected chi connectivity index (χ2v) is 7.97. The molecule has 4 heteroatoms. The van der Waals surface area contributed by atoms with E-state index in [9.17, 15) is 4.79 Å². The summed E-state index contributed by atoms with van der Waals surface area (Å²) < 4.78 is 0. The van der Waals surface area contributed by atoms with Crippen molar-refractivity contribution in [2.75, 3.05) is 31.1 Å². The first kappa shape index (κ1) is 15.7. The minimum atomic E-state index is 0.235. The Morgan fingerprint density at radius 3 is 2.54 bits per heavy atom. The largest absolute Gasteiger partial charge is 0.368 e. The summed E-state index contributed by atoms with van der Waals surface area (Å²) in [5.41, 5.74) is 4.03. The van der Waals surface area contributed by atoms with E-state index < -0.39 is 0 Å². The average Bonchev–Trinajstić information content (AvgIpc) is 3.06. The molecule has 1 saturated heterocycles. The number of thiophene rings is 1. The molecule has 126 valence electrons. The highest BCUT2D eigenvalue weighted by Gasteiger charge is 2.25. The van der Waals surface area contributed by atoms with Crippen LogP contribution in [0.3, 0.4) is 0 Å². The number of carbonyl (C=O) groups is 1. The predicted octanol–water partition coefficient (Wildman–Crippen LogP) is 3.90. The Labute approximate surface area is 147 Å². The van der Waals surface area contributed by atoms with Crippen LogP contribution >= 0.6 is 11.3 Å². The van der Waals surface area contributed by atoms with E-state index in [2.05, 4.69) is 42.2 Å². The van der Waals surface area contributed by atoms with Gasteiger partial charge in [-0.3, -0.25) is 4.79 Å². The highest BCUT2D eigenvalue weighted by Crippen LogP contribution is 2.30. The number of carbonyl (C=O) groups excluding carboxylic acids is 1. The lowest BCUT2D eigenvalue weighted by molar-refractivity contribution is 0.0751. The van der Waals surface area contributed by atoms with E-state index in [0.29, 0.717) is 0 Å². The lowest BCUT2D eigenvalue weighted by Gasteiger charge is -2.36. The van der Waals surface area contributed by atoms with E-state index >= 15 is 0 Å². The number of para-hydroxylation sites is 1. The Kier molecular flexibility index (Phi) is 4.31. The Hall–Kier alpha value is -1.81. The molecule has 0 atom stereocenters. The first-order valence-electron chi connectivity index (χ1n) is 8.94. The summed E-state index contributed by atoms with van der Waals surface area (Å²) in [6.07, 6.45) is 4.86. The van der Waals surface area contributed by atoms with Gasteiger partial charge in [0, 0.05) is 36.7 Å². The second kappa shape index (κ2) is 6.60. The molecule has 1 amide bonds. The maximum Gasteiger partial charge on any atom is 0.264 e. The number of benzene rings is 1. The van der Waals surface area contributed by atoms with Gasteiger partial charge >= 0.3 is 0 Å². The van der Waals surface area contributed by atoms with Crippen molar-refractivity contribution in [3.63, 3.8) is 0 Å². The van der Waals surface area contributed by atoms with Gasteiger partial charge in [-0.25, -0.2) is 0 Å². The topological polar surface area (TPSA) is 23.6 Å². The summed E-state index contributed by atoms with van der Waals surface area (Å²) in [6, 6.07) is 10.7. The Morgan fingerprint density at radius 1 is 1.04 bits per heavy atom. The number of anilines is 1.